The first-order valence-electron chi connectivity index (χ1n) is 5.43. The first-order chi connectivity index (χ1) is 8.25. The summed E-state index contributed by atoms with van der Waals surface area (Å²) in [5, 5.41) is 4.83. The maximum absolute atomic E-state index is 5.88. The van der Waals surface area contributed by atoms with E-state index in [1.165, 1.54) is 0 Å². The van der Waals surface area contributed by atoms with Gasteiger partial charge in [0.1, 0.15) is 10.7 Å². The minimum atomic E-state index is -0.0393. The summed E-state index contributed by atoms with van der Waals surface area (Å²) >= 11 is 8.03. The summed E-state index contributed by atoms with van der Waals surface area (Å²) in [6.07, 6.45) is 4.72. The molecule has 90 valence electrons. The number of aromatic nitrogens is 4. The molecule has 0 aromatic carbocycles. The second-order valence-electron chi connectivity index (χ2n) is 3.92. The average Bonchev–Trinajstić information content (AvgIpc) is 2.67. The van der Waals surface area contributed by atoms with Gasteiger partial charge in [-0.2, -0.15) is 5.10 Å². The van der Waals surface area contributed by atoms with Crippen molar-refractivity contribution in [3.8, 4) is 0 Å². The van der Waals surface area contributed by atoms with Crippen molar-refractivity contribution < 1.29 is 4.74 Å². The van der Waals surface area contributed by atoms with Gasteiger partial charge in [-0.1, -0.05) is 11.6 Å². The summed E-state index contributed by atoms with van der Waals surface area (Å²) in [6, 6.07) is 0. The number of rotatable bonds is 1. The summed E-state index contributed by atoms with van der Waals surface area (Å²) in [7, 11) is 0. The van der Waals surface area contributed by atoms with E-state index in [1.54, 1.807) is 10.9 Å². The number of hydrogen-bond acceptors (Lipinski definition) is 4. The van der Waals surface area contributed by atoms with E-state index < -0.39 is 0 Å². The van der Waals surface area contributed by atoms with Crippen molar-refractivity contribution in [2.75, 3.05) is 6.61 Å². The highest BCUT2D eigenvalue weighted by Gasteiger charge is 2.21. The summed E-state index contributed by atoms with van der Waals surface area (Å²) in [6.45, 7) is 0.774. The highest BCUT2D eigenvalue weighted by molar-refractivity contribution is 14.1. The summed E-state index contributed by atoms with van der Waals surface area (Å²) < 4.78 is 8.34. The minimum Gasteiger partial charge on any atom is -0.356 e. The molecule has 1 unspecified atom stereocenters. The fraction of sp³-hybridized carbons (Fsp3) is 0.500. The monoisotopic (exact) mass is 364 g/mol. The van der Waals surface area contributed by atoms with E-state index in [2.05, 4.69) is 37.7 Å². The molecule has 1 atom stereocenters. The Morgan fingerprint density at radius 2 is 2.35 bits per heavy atom. The molecule has 5 nitrogen and oxygen atoms in total. The lowest BCUT2D eigenvalue weighted by Crippen LogP contribution is -2.19. The van der Waals surface area contributed by atoms with Crippen LogP contribution < -0.4 is 0 Å². The third-order valence-electron chi connectivity index (χ3n) is 2.76. The van der Waals surface area contributed by atoms with Gasteiger partial charge in [0.15, 0.2) is 15.6 Å². The normalized spacial score (nSPS) is 20.9. The zero-order valence-corrected chi connectivity index (χ0v) is 11.8. The van der Waals surface area contributed by atoms with Gasteiger partial charge in [0, 0.05) is 6.61 Å². The average molecular weight is 365 g/mol. The summed E-state index contributed by atoms with van der Waals surface area (Å²) in [4.78, 5) is 8.55. The van der Waals surface area contributed by atoms with Gasteiger partial charge in [-0.3, -0.25) is 0 Å². The van der Waals surface area contributed by atoms with E-state index in [4.69, 9.17) is 16.3 Å². The van der Waals surface area contributed by atoms with Crippen molar-refractivity contribution in [2.45, 2.75) is 25.5 Å². The maximum atomic E-state index is 5.88. The van der Waals surface area contributed by atoms with Crippen LogP contribution in [0, 0.1) is 3.70 Å². The van der Waals surface area contributed by atoms with Crippen LogP contribution in [0.15, 0.2) is 6.20 Å². The number of hydrogen-bond donors (Lipinski definition) is 0. The van der Waals surface area contributed by atoms with E-state index in [9.17, 15) is 0 Å². The Morgan fingerprint density at radius 1 is 1.47 bits per heavy atom. The molecule has 2 aromatic heterocycles. The molecule has 1 saturated heterocycles. The van der Waals surface area contributed by atoms with Gasteiger partial charge in [0.25, 0.3) is 0 Å². The second kappa shape index (κ2) is 4.66. The van der Waals surface area contributed by atoms with Crippen LogP contribution in [0.25, 0.3) is 11.2 Å². The van der Waals surface area contributed by atoms with Crippen LogP contribution in [0.5, 0.6) is 0 Å². The Labute approximate surface area is 117 Å². The molecule has 1 aliphatic heterocycles. The molecule has 0 N–H and O–H groups in total. The van der Waals surface area contributed by atoms with E-state index in [0.29, 0.717) is 10.8 Å². The fourth-order valence-corrected chi connectivity index (χ4v) is 2.71. The van der Waals surface area contributed by atoms with Crippen molar-refractivity contribution in [3.05, 3.63) is 15.1 Å². The van der Waals surface area contributed by atoms with Crippen molar-refractivity contribution in [3.63, 3.8) is 0 Å². The third kappa shape index (κ3) is 2.13. The number of ether oxygens (including phenoxy) is 1. The molecule has 7 heteroatoms. The lowest BCUT2D eigenvalue weighted by atomic mass is 10.2. The number of fused-ring (bicyclic) bond motifs is 1. The quantitative estimate of drug-likeness (QED) is 0.730. The van der Waals surface area contributed by atoms with Crippen LogP contribution in [-0.4, -0.2) is 26.4 Å². The summed E-state index contributed by atoms with van der Waals surface area (Å²) in [5.74, 6) is 0. The Morgan fingerprint density at radius 3 is 3.12 bits per heavy atom. The van der Waals surface area contributed by atoms with Gasteiger partial charge in [-0.05, 0) is 41.9 Å². The molecule has 0 bridgehead atoms. The van der Waals surface area contributed by atoms with E-state index in [1.807, 2.05) is 0 Å². The molecule has 1 fully saturated rings. The Balaban J connectivity index is 2.11. The fourth-order valence-electron chi connectivity index (χ4n) is 1.97. The van der Waals surface area contributed by atoms with Crippen molar-refractivity contribution in [1.82, 2.24) is 19.7 Å². The topological polar surface area (TPSA) is 52.8 Å². The molecule has 0 amide bonds. The van der Waals surface area contributed by atoms with Gasteiger partial charge in [0.05, 0.1) is 6.20 Å². The molecule has 0 saturated carbocycles. The molecule has 3 heterocycles. The lowest BCUT2D eigenvalue weighted by molar-refractivity contribution is -0.0372. The van der Waals surface area contributed by atoms with Gasteiger partial charge >= 0.3 is 0 Å². The van der Waals surface area contributed by atoms with Gasteiger partial charge in [-0.15, -0.1) is 0 Å². The van der Waals surface area contributed by atoms with Crippen molar-refractivity contribution >= 4 is 45.4 Å². The molecule has 2 aromatic rings. The van der Waals surface area contributed by atoms with Crippen LogP contribution in [0.3, 0.4) is 0 Å². The molecule has 0 radical (unpaired) electrons. The van der Waals surface area contributed by atoms with Crippen LogP contribution >= 0.6 is 34.2 Å². The highest BCUT2D eigenvalue weighted by Crippen LogP contribution is 2.27. The van der Waals surface area contributed by atoms with Crippen LogP contribution in [-0.2, 0) is 4.74 Å². The molecular formula is C10H10ClIN4O. The zero-order chi connectivity index (χ0) is 11.8. The molecule has 0 aliphatic carbocycles. The standard InChI is InChI=1S/C10H10ClIN4O/c11-6-5-13-8-9(12)15-16(10(8)14-6)7-3-1-2-4-17-7/h5,7H,1-4H2. The largest absolute Gasteiger partial charge is 0.356 e. The minimum absolute atomic E-state index is 0.0393. The third-order valence-corrected chi connectivity index (χ3v) is 3.67. The number of nitrogens with zero attached hydrogens (tertiary/aromatic N) is 4. The SMILES string of the molecule is Clc1cnc2c(I)nn(C3CCCCO3)c2n1. The molecule has 1 aliphatic rings. The Bertz CT molecular complexity index is 552. The first-order valence-corrected chi connectivity index (χ1v) is 6.89. The molecule has 0 spiro atoms. The van der Waals surface area contributed by atoms with Crippen LogP contribution in [0.2, 0.25) is 5.15 Å². The second-order valence-corrected chi connectivity index (χ2v) is 5.33. The van der Waals surface area contributed by atoms with E-state index >= 15 is 0 Å². The Hall–Kier alpha value is -0.470. The predicted molar refractivity (Wildman–Crippen MR) is 71.9 cm³/mol. The van der Waals surface area contributed by atoms with Crippen LogP contribution in [0.4, 0.5) is 0 Å². The molecular weight excluding hydrogens is 354 g/mol. The van der Waals surface area contributed by atoms with Gasteiger partial charge in [-0.25, -0.2) is 14.6 Å². The Kier molecular flexibility index (Phi) is 3.18. The van der Waals surface area contributed by atoms with E-state index in [0.717, 1.165) is 35.1 Å². The smallest absolute Gasteiger partial charge is 0.181 e. The van der Waals surface area contributed by atoms with Crippen molar-refractivity contribution in [2.24, 2.45) is 0 Å². The molecule has 17 heavy (non-hydrogen) atoms. The maximum Gasteiger partial charge on any atom is 0.181 e. The number of halogens is 2. The predicted octanol–water partition coefficient (Wildman–Crippen LogP) is 2.78. The lowest BCUT2D eigenvalue weighted by Gasteiger charge is -2.22. The van der Waals surface area contributed by atoms with Gasteiger partial charge < -0.3 is 4.74 Å². The van der Waals surface area contributed by atoms with Gasteiger partial charge in [0.2, 0.25) is 0 Å². The van der Waals surface area contributed by atoms with Crippen molar-refractivity contribution in [1.29, 1.82) is 0 Å². The zero-order valence-electron chi connectivity index (χ0n) is 8.94. The van der Waals surface area contributed by atoms with Crippen LogP contribution in [0.1, 0.15) is 25.5 Å². The van der Waals surface area contributed by atoms with E-state index in [-0.39, 0.29) is 6.23 Å². The summed E-state index contributed by atoms with van der Waals surface area (Å²) in [5.41, 5.74) is 1.48. The molecule has 3 rings (SSSR count). The highest BCUT2D eigenvalue weighted by atomic mass is 127. The first kappa shape index (κ1) is 11.6.